The lowest BCUT2D eigenvalue weighted by molar-refractivity contribution is -0.156. The van der Waals surface area contributed by atoms with Crippen molar-refractivity contribution in [1.29, 1.82) is 5.41 Å². The van der Waals surface area contributed by atoms with E-state index in [0.29, 0.717) is 22.7 Å². The SMILES string of the molecule is CCC1(O)CC2CC(C)(CC(C)N2C(=O)CC(C)C(=N)c2c(Cl)cccc2NC)C1. The summed E-state index contributed by atoms with van der Waals surface area (Å²) < 4.78 is 0. The lowest BCUT2D eigenvalue weighted by Crippen LogP contribution is -2.61. The van der Waals surface area contributed by atoms with Gasteiger partial charge in [-0.1, -0.05) is 38.4 Å². The standard InChI is InChI=1S/C24H36ClN3O2/c1-6-24(30)13-17-12-23(4,14-24)11-16(3)28(17)20(29)10-15(2)22(26)21-18(25)8-7-9-19(21)27-5/h7-9,15-17,26-27,30H,6,10-14H2,1-5H3. The minimum atomic E-state index is -0.687. The van der Waals surface area contributed by atoms with Crippen LogP contribution in [0.2, 0.25) is 5.02 Å². The lowest BCUT2D eigenvalue weighted by atomic mass is 9.60. The van der Waals surface area contributed by atoms with Crippen LogP contribution in [0.15, 0.2) is 18.2 Å². The van der Waals surface area contributed by atoms with Crippen molar-refractivity contribution in [2.75, 3.05) is 12.4 Å². The Morgan fingerprint density at radius 2 is 2.10 bits per heavy atom. The molecule has 1 saturated carbocycles. The van der Waals surface area contributed by atoms with E-state index >= 15 is 0 Å². The molecular weight excluding hydrogens is 398 g/mol. The Morgan fingerprint density at radius 3 is 2.73 bits per heavy atom. The van der Waals surface area contributed by atoms with Gasteiger partial charge in [0.1, 0.15) is 0 Å². The van der Waals surface area contributed by atoms with Crippen molar-refractivity contribution >= 4 is 28.9 Å². The summed E-state index contributed by atoms with van der Waals surface area (Å²) >= 11 is 6.38. The van der Waals surface area contributed by atoms with Gasteiger partial charge in [-0.05, 0) is 56.6 Å². The van der Waals surface area contributed by atoms with E-state index < -0.39 is 5.60 Å². The van der Waals surface area contributed by atoms with Crippen LogP contribution >= 0.6 is 11.6 Å². The van der Waals surface area contributed by atoms with Crippen LogP contribution in [0.5, 0.6) is 0 Å². The van der Waals surface area contributed by atoms with E-state index in [1.807, 2.05) is 37.9 Å². The maximum Gasteiger partial charge on any atom is 0.223 e. The molecule has 1 aromatic rings. The van der Waals surface area contributed by atoms with E-state index in [-0.39, 0.29) is 35.7 Å². The molecule has 0 radical (unpaired) electrons. The Labute approximate surface area is 185 Å². The van der Waals surface area contributed by atoms with Gasteiger partial charge in [-0.3, -0.25) is 4.79 Å². The number of hydrogen-bond acceptors (Lipinski definition) is 4. The quantitative estimate of drug-likeness (QED) is 0.546. The minimum absolute atomic E-state index is 0.0690. The van der Waals surface area contributed by atoms with E-state index in [1.54, 1.807) is 6.07 Å². The Balaban J connectivity index is 1.77. The molecule has 2 bridgehead atoms. The number of nitrogens with one attached hydrogen (secondary N) is 2. The molecule has 1 amide bonds. The van der Waals surface area contributed by atoms with Crippen molar-refractivity contribution in [1.82, 2.24) is 4.90 Å². The maximum atomic E-state index is 13.4. The van der Waals surface area contributed by atoms with Crippen molar-refractivity contribution in [3.63, 3.8) is 0 Å². The Kier molecular flexibility index (Phi) is 6.54. The van der Waals surface area contributed by atoms with Crippen LogP contribution in [0.1, 0.15) is 71.8 Å². The van der Waals surface area contributed by atoms with Gasteiger partial charge in [0.25, 0.3) is 0 Å². The summed E-state index contributed by atoms with van der Waals surface area (Å²) in [7, 11) is 1.81. The van der Waals surface area contributed by atoms with Gasteiger partial charge in [0.05, 0.1) is 10.6 Å². The third-order valence-electron chi connectivity index (χ3n) is 7.23. The molecule has 5 unspecified atom stereocenters. The molecule has 0 spiro atoms. The highest BCUT2D eigenvalue weighted by Gasteiger charge is 2.51. The number of anilines is 1. The molecule has 3 N–H and O–H groups in total. The third-order valence-corrected chi connectivity index (χ3v) is 7.54. The number of rotatable bonds is 6. The van der Waals surface area contributed by atoms with Crippen LogP contribution in [0.25, 0.3) is 0 Å². The van der Waals surface area contributed by atoms with Gasteiger partial charge >= 0.3 is 0 Å². The monoisotopic (exact) mass is 433 g/mol. The number of hydrogen-bond donors (Lipinski definition) is 3. The first-order valence-corrected chi connectivity index (χ1v) is 11.5. The number of aliphatic hydroxyl groups is 1. The number of piperidine rings is 1. The van der Waals surface area contributed by atoms with Crippen LogP contribution in [0.4, 0.5) is 5.69 Å². The summed E-state index contributed by atoms with van der Waals surface area (Å²) in [5.74, 6) is -0.177. The molecule has 6 heteroatoms. The summed E-state index contributed by atoms with van der Waals surface area (Å²) in [5.41, 5.74) is 1.24. The molecular formula is C24H36ClN3O2. The summed E-state index contributed by atoms with van der Waals surface area (Å²) in [4.78, 5) is 15.4. The van der Waals surface area contributed by atoms with E-state index in [4.69, 9.17) is 17.0 Å². The van der Waals surface area contributed by atoms with Gasteiger partial charge in [-0.25, -0.2) is 0 Å². The predicted molar refractivity (Wildman–Crippen MR) is 124 cm³/mol. The highest BCUT2D eigenvalue weighted by molar-refractivity contribution is 6.35. The van der Waals surface area contributed by atoms with Gasteiger partial charge < -0.3 is 20.7 Å². The number of halogens is 1. The number of likely N-dealkylation sites (tertiary alicyclic amines) is 1. The second kappa shape index (κ2) is 8.51. The van der Waals surface area contributed by atoms with E-state index in [0.717, 1.165) is 31.4 Å². The van der Waals surface area contributed by atoms with Crippen LogP contribution in [-0.2, 0) is 4.79 Å². The topological polar surface area (TPSA) is 76.4 Å². The van der Waals surface area contributed by atoms with Gasteiger partial charge in [0, 0.05) is 48.4 Å². The Hall–Kier alpha value is -1.59. The molecule has 1 aliphatic carbocycles. The van der Waals surface area contributed by atoms with Gasteiger partial charge in [0.2, 0.25) is 5.91 Å². The molecule has 1 aromatic carbocycles. The summed E-state index contributed by atoms with van der Waals surface area (Å²) in [6.07, 6.45) is 4.32. The molecule has 1 heterocycles. The summed E-state index contributed by atoms with van der Waals surface area (Å²) in [5, 5.41) is 23.4. The number of fused-ring (bicyclic) bond motifs is 2. The van der Waals surface area contributed by atoms with Crippen molar-refractivity contribution in [3.8, 4) is 0 Å². The average molecular weight is 434 g/mol. The van der Waals surface area contributed by atoms with Crippen LogP contribution in [0.3, 0.4) is 0 Å². The van der Waals surface area contributed by atoms with Crippen molar-refractivity contribution in [2.45, 2.75) is 83.9 Å². The smallest absolute Gasteiger partial charge is 0.223 e. The van der Waals surface area contributed by atoms with E-state index in [1.165, 1.54) is 0 Å². The number of benzene rings is 1. The number of carbonyl (C=O) groups is 1. The first-order chi connectivity index (χ1) is 14.0. The first-order valence-electron chi connectivity index (χ1n) is 11.1. The number of carbonyl (C=O) groups excluding carboxylic acids is 1. The second-order valence-electron chi connectivity index (χ2n) is 9.91. The first kappa shape index (κ1) is 23.1. The largest absolute Gasteiger partial charge is 0.390 e. The fraction of sp³-hybridized carbons (Fsp3) is 0.667. The Morgan fingerprint density at radius 1 is 1.40 bits per heavy atom. The second-order valence-corrected chi connectivity index (χ2v) is 10.3. The zero-order valence-corrected chi connectivity index (χ0v) is 19.6. The van der Waals surface area contributed by atoms with Crippen LogP contribution < -0.4 is 5.32 Å². The molecule has 2 aliphatic rings. The van der Waals surface area contributed by atoms with E-state index in [2.05, 4.69) is 19.2 Å². The molecule has 30 heavy (non-hydrogen) atoms. The molecule has 166 valence electrons. The highest BCUT2D eigenvalue weighted by Crippen LogP contribution is 2.51. The van der Waals surface area contributed by atoms with Crippen LogP contribution in [-0.4, -0.2) is 46.4 Å². The average Bonchev–Trinajstić information content (AvgIpc) is 2.65. The van der Waals surface area contributed by atoms with Gasteiger partial charge in [-0.15, -0.1) is 0 Å². The van der Waals surface area contributed by atoms with Crippen molar-refractivity contribution in [3.05, 3.63) is 28.8 Å². The molecule has 2 fully saturated rings. The normalized spacial score (nSPS) is 31.9. The van der Waals surface area contributed by atoms with E-state index in [9.17, 15) is 9.90 Å². The maximum absolute atomic E-state index is 13.4. The van der Waals surface area contributed by atoms with Crippen LogP contribution in [0, 0.1) is 16.7 Å². The lowest BCUT2D eigenvalue weighted by Gasteiger charge is -2.57. The summed E-state index contributed by atoms with van der Waals surface area (Å²) in [6, 6.07) is 5.75. The number of nitrogens with zero attached hydrogens (tertiary/aromatic N) is 1. The zero-order chi connectivity index (χ0) is 22.3. The fourth-order valence-corrected chi connectivity index (χ4v) is 6.26. The molecule has 3 rings (SSSR count). The third kappa shape index (κ3) is 4.38. The molecule has 1 saturated heterocycles. The van der Waals surface area contributed by atoms with Crippen molar-refractivity contribution in [2.24, 2.45) is 11.3 Å². The molecule has 5 atom stereocenters. The van der Waals surface area contributed by atoms with Gasteiger partial charge in [0.15, 0.2) is 0 Å². The Bertz CT molecular complexity index is 825. The van der Waals surface area contributed by atoms with Crippen molar-refractivity contribution < 1.29 is 9.90 Å². The van der Waals surface area contributed by atoms with Gasteiger partial charge in [-0.2, -0.15) is 0 Å². The predicted octanol–water partition coefficient (Wildman–Crippen LogP) is 5.10. The highest BCUT2D eigenvalue weighted by atomic mass is 35.5. The summed E-state index contributed by atoms with van der Waals surface area (Å²) in [6.45, 7) is 8.34. The molecule has 5 nitrogen and oxygen atoms in total. The molecule has 0 aromatic heterocycles. The number of amides is 1. The fourth-order valence-electron chi connectivity index (χ4n) is 5.98. The molecule has 1 aliphatic heterocycles. The minimum Gasteiger partial charge on any atom is -0.390 e. The zero-order valence-electron chi connectivity index (χ0n) is 18.9.